The maximum absolute atomic E-state index is 11.8. The Balaban J connectivity index is 2.20. The van der Waals surface area contributed by atoms with E-state index in [9.17, 15) is 30.1 Å². The third-order valence-corrected chi connectivity index (χ3v) is 3.48. The van der Waals surface area contributed by atoms with E-state index >= 15 is 0 Å². The first-order chi connectivity index (χ1) is 10.9. The van der Waals surface area contributed by atoms with Gasteiger partial charge in [-0.2, -0.15) is 0 Å². The second kappa shape index (κ2) is 5.05. The first kappa shape index (κ1) is 14.4. The lowest BCUT2D eigenvalue weighted by Crippen LogP contribution is -2.03. The summed E-state index contributed by atoms with van der Waals surface area (Å²) in [5.74, 6) is -1.66. The van der Waals surface area contributed by atoms with Gasteiger partial charge in [-0.3, -0.25) is 20.2 Å². The Morgan fingerprint density at radius 1 is 1.04 bits per heavy atom. The summed E-state index contributed by atoms with van der Waals surface area (Å²) < 4.78 is 5.16. The molecule has 0 aromatic heterocycles. The molecule has 23 heavy (non-hydrogen) atoms. The Morgan fingerprint density at radius 3 is 2.17 bits per heavy atom. The van der Waals surface area contributed by atoms with E-state index in [0.717, 1.165) is 12.1 Å². The molecular weight excluding hydrogens is 308 g/mol. The summed E-state index contributed by atoms with van der Waals surface area (Å²) in [6.45, 7) is 0. The molecule has 1 unspecified atom stereocenters. The predicted octanol–water partition coefficient (Wildman–Crippen LogP) is 2.47. The van der Waals surface area contributed by atoms with Crippen molar-refractivity contribution in [2.75, 3.05) is 0 Å². The fraction of sp³-hybridized carbons (Fsp3) is 0.0714. The lowest BCUT2D eigenvalue weighted by atomic mass is 9.98. The highest BCUT2D eigenvalue weighted by atomic mass is 16.6. The number of nitrogens with zero attached hydrogens (tertiary/aromatic N) is 2. The summed E-state index contributed by atoms with van der Waals surface area (Å²) in [5, 5.41) is 31.6. The SMILES string of the molecule is O=C1OC(c2cc([N+](=O)[O-])c(O)c([N+](=O)[O-])c2)c2ccccc21. The molecule has 1 heterocycles. The highest BCUT2D eigenvalue weighted by Crippen LogP contribution is 2.43. The minimum Gasteiger partial charge on any atom is -0.497 e. The molecule has 116 valence electrons. The van der Waals surface area contributed by atoms with E-state index in [-0.39, 0.29) is 11.1 Å². The van der Waals surface area contributed by atoms with E-state index in [1.165, 1.54) is 6.07 Å². The lowest BCUT2D eigenvalue weighted by Gasteiger charge is -2.11. The Bertz CT molecular complexity index is 827. The average Bonchev–Trinajstić information content (AvgIpc) is 2.84. The number of carbonyl (C=O) groups is 1. The van der Waals surface area contributed by atoms with E-state index in [4.69, 9.17) is 4.74 Å². The molecule has 0 fully saturated rings. The molecule has 1 aliphatic heterocycles. The van der Waals surface area contributed by atoms with Crippen molar-refractivity contribution in [2.24, 2.45) is 0 Å². The van der Waals surface area contributed by atoms with Gasteiger partial charge in [-0.1, -0.05) is 18.2 Å². The first-order valence-electron chi connectivity index (χ1n) is 6.35. The van der Waals surface area contributed by atoms with Gasteiger partial charge in [-0.25, -0.2) is 4.79 Å². The van der Waals surface area contributed by atoms with Crippen molar-refractivity contribution >= 4 is 17.3 Å². The first-order valence-corrected chi connectivity index (χ1v) is 6.35. The highest BCUT2D eigenvalue weighted by Gasteiger charge is 2.36. The van der Waals surface area contributed by atoms with Crippen LogP contribution < -0.4 is 0 Å². The molecule has 0 saturated heterocycles. The van der Waals surface area contributed by atoms with Crippen molar-refractivity contribution < 1.29 is 24.5 Å². The van der Waals surface area contributed by atoms with Gasteiger partial charge < -0.3 is 9.84 Å². The zero-order chi connectivity index (χ0) is 16.7. The summed E-state index contributed by atoms with van der Waals surface area (Å²) >= 11 is 0. The van der Waals surface area contributed by atoms with Gasteiger partial charge >= 0.3 is 17.3 Å². The number of nitro groups is 2. The van der Waals surface area contributed by atoms with Gasteiger partial charge in [0.05, 0.1) is 15.4 Å². The summed E-state index contributed by atoms with van der Waals surface area (Å²) in [6, 6.07) is 8.32. The summed E-state index contributed by atoms with van der Waals surface area (Å²) in [7, 11) is 0. The second-order valence-corrected chi connectivity index (χ2v) is 4.79. The maximum atomic E-state index is 11.8. The quantitative estimate of drug-likeness (QED) is 0.522. The van der Waals surface area contributed by atoms with Gasteiger partial charge in [0.1, 0.15) is 0 Å². The monoisotopic (exact) mass is 316 g/mol. The van der Waals surface area contributed by atoms with Gasteiger partial charge in [0.25, 0.3) is 5.75 Å². The number of benzene rings is 2. The van der Waals surface area contributed by atoms with Crippen LogP contribution in [0.2, 0.25) is 0 Å². The highest BCUT2D eigenvalue weighted by molar-refractivity contribution is 5.94. The number of rotatable bonds is 3. The van der Waals surface area contributed by atoms with Crippen molar-refractivity contribution in [3.63, 3.8) is 0 Å². The number of esters is 1. The number of ether oxygens (including phenoxy) is 1. The number of phenols is 1. The number of hydrogen-bond donors (Lipinski definition) is 1. The molecule has 1 N–H and O–H groups in total. The molecule has 0 bridgehead atoms. The number of cyclic esters (lactones) is 1. The third kappa shape index (κ3) is 2.24. The second-order valence-electron chi connectivity index (χ2n) is 4.79. The van der Waals surface area contributed by atoms with E-state index in [1.807, 2.05) is 0 Å². The van der Waals surface area contributed by atoms with Crippen LogP contribution in [-0.4, -0.2) is 20.9 Å². The molecule has 0 aliphatic carbocycles. The van der Waals surface area contributed by atoms with Crippen LogP contribution in [0.1, 0.15) is 27.6 Å². The molecule has 0 spiro atoms. The summed E-state index contributed by atoms with van der Waals surface area (Å²) in [6.07, 6.45) is -1.00. The van der Waals surface area contributed by atoms with Crippen molar-refractivity contribution in [3.05, 3.63) is 73.3 Å². The smallest absolute Gasteiger partial charge is 0.339 e. The molecule has 0 saturated carbocycles. The molecule has 3 rings (SSSR count). The Morgan fingerprint density at radius 2 is 1.61 bits per heavy atom. The van der Waals surface area contributed by atoms with Crippen LogP contribution in [0, 0.1) is 20.2 Å². The number of nitro benzene ring substituents is 2. The van der Waals surface area contributed by atoms with Crippen molar-refractivity contribution in [2.45, 2.75) is 6.10 Å². The topological polar surface area (TPSA) is 133 Å². The van der Waals surface area contributed by atoms with E-state index in [1.54, 1.807) is 18.2 Å². The zero-order valence-corrected chi connectivity index (χ0v) is 11.3. The summed E-state index contributed by atoms with van der Waals surface area (Å²) in [4.78, 5) is 31.9. The van der Waals surface area contributed by atoms with Gasteiger partial charge in [0, 0.05) is 23.3 Å². The van der Waals surface area contributed by atoms with E-state index in [2.05, 4.69) is 0 Å². The number of carbonyl (C=O) groups excluding carboxylic acids is 1. The molecule has 0 amide bonds. The Labute approximate surface area is 128 Å². The van der Waals surface area contributed by atoms with Crippen LogP contribution in [0.3, 0.4) is 0 Å². The number of hydrogen-bond acceptors (Lipinski definition) is 7. The van der Waals surface area contributed by atoms with Crippen LogP contribution in [-0.2, 0) is 4.74 Å². The van der Waals surface area contributed by atoms with Crippen LogP contribution >= 0.6 is 0 Å². The molecule has 1 atom stereocenters. The normalized spacial score (nSPS) is 15.8. The number of aromatic hydroxyl groups is 1. The minimum atomic E-state index is -1.04. The molecule has 0 radical (unpaired) electrons. The molecule has 9 nitrogen and oxygen atoms in total. The lowest BCUT2D eigenvalue weighted by molar-refractivity contribution is -0.396. The van der Waals surface area contributed by atoms with E-state index in [0.29, 0.717) is 5.56 Å². The Hall–Kier alpha value is -3.49. The largest absolute Gasteiger partial charge is 0.497 e. The van der Waals surface area contributed by atoms with Crippen molar-refractivity contribution in [1.82, 2.24) is 0 Å². The standard InChI is InChI=1S/C14H8N2O7/c17-12-10(15(19)20)5-7(6-11(12)16(21)22)13-8-3-1-2-4-9(8)14(18)23-13/h1-6,13,17H. The van der Waals surface area contributed by atoms with Crippen LogP contribution in [0.5, 0.6) is 5.75 Å². The fourth-order valence-electron chi connectivity index (χ4n) is 2.45. The van der Waals surface area contributed by atoms with E-state index < -0.39 is 39.0 Å². The van der Waals surface area contributed by atoms with Crippen LogP contribution in [0.25, 0.3) is 0 Å². The third-order valence-electron chi connectivity index (χ3n) is 3.48. The number of phenolic OH excluding ortho intramolecular Hbond substituents is 1. The van der Waals surface area contributed by atoms with Crippen LogP contribution in [0.15, 0.2) is 36.4 Å². The molecule has 2 aromatic rings. The minimum absolute atomic E-state index is 0.0412. The van der Waals surface area contributed by atoms with Gasteiger partial charge in [0.2, 0.25) is 0 Å². The van der Waals surface area contributed by atoms with Crippen molar-refractivity contribution in [3.8, 4) is 5.75 Å². The maximum Gasteiger partial charge on any atom is 0.339 e. The van der Waals surface area contributed by atoms with Gasteiger partial charge in [0.15, 0.2) is 6.10 Å². The molecule has 2 aromatic carbocycles. The summed E-state index contributed by atoms with van der Waals surface area (Å²) in [5.41, 5.74) is -0.869. The molecule has 1 aliphatic rings. The predicted molar refractivity (Wildman–Crippen MR) is 75.1 cm³/mol. The van der Waals surface area contributed by atoms with Gasteiger partial charge in [-0.05, 0) is 6.07 Å². The zero-order valence-electron chi connectivity index (χ0n) is 11.3. The molecule has 9 heteroatoms. The van der Waals surface area contributed by atoms with Crippen LogP contribution in [0.4, 0.5) is 11.4 Å². The average molecular weight is 316 g/mol. The Kier molecular flexibility index (Phi) is 3.17. The van der Waals surface area contributed by atoms with Gasteiger partial charge in [-0.15, -0.1) is 0 Å². The number of fused-ring (bicyclic) bond motifs is 1. The fourth-order valence-corrected chi connectivity index (χ4v) is 2.45. The van der Waals surface area contributed by atoms with Crippen molar-refractivity contribution in [1.29, 1.82) is 0 Å². The molecular formula is C14H8N2O7.